The molecule has 0 radical (unpaired) electrons. The number of aliphatic hydroxyl groups is 2. The van der Waals surface area contributed by atoms with Gasteiger partial charge in [-0.1, -0.05) is 32.9 Å². The summed E-state index contributed by atoms with van der Waals surface area (Å²) >= 11 is 0. The van der Waals surface area contributed by atoms with Crippen molar-refractivity contribution in [1.82, 2.24) is 24.4 Å². The predicted molar refractivity (Wildman–Crippen MR) is 142 cm³/mol. The molecule has 0 bridgehead atoms. The summed E-state index contributed by atoms with van der Waals surface area (Å²) in [6.07, 6.45) is -3.93. The number of ketones is 1. The van der Waals surface area contributed by atoms with Gasteiger partial charge in [-0.2, -0.15) is 8.78 Å². The minimum Gasteiger partial charge on any atom is -0.507 e. The average molecular weight is 603 g/mol. The van der Waals surface area contributed by atoms with Crippen LogP contribution < -0.4 is 5.73 Å². The SMILES string of the molecule is CCN(CC)CC.Nc1ncnc2c1ncn2[C@@H]1O[C@H](COP(=O)(O)C(F)(F)C(=O)c2ccccc2O)[C@@H](O)[C@H]1O. The lowest BCUT2D eigenvalue weighted by Gasteiger charge is -2.23. The number of imidazole rings is 1. The van der Waals surface area contributed by atoms with Crippen LogP contribution in [-0.4, -0.2) is 101 Å². The van der Waals surface area contributed by atoms with Gasteiger partial charge in [0.25, 0.3) is 0 Å². The molecule has 3 heterocycles. The van der Waals surface area contributed by atoms with Crippen molar-refractivity contribution in [2.75, 3.05) is 32.0 Å². The molecule has 1 aliphatic rings. The van der Waals surface area contributed by atoms with Crippen LogP contribution in [0.5, 0.6) is 5.75 Å². The number of carbonyl (C=O) groups excluding carboxylic acids is 1. The van der Waals surface area contributed by atoms with Gasteiger partial charge in [0.15, 0.2) is 17.7 Å². The second-order valence-corrected chi connectivity index (χ2v) is 10.8. The number of ether oxygens (including phenoxy) is 1. The average Bonchev–Trinajstić information content (AvgIpc) is 3.50. The lowest BCUT2D eigenvalue weighted by molar-refractivity contribution is -0.0513. The molecule has 41 heavy (non-hydrogen) atoms. The topological polar surface area (TPSA) is 206 Å². The van der Waals surface area contributed by atoms with Crippen molar-refractivity contribution in [2.45, 2.75) is 51.0 Å². The summed E-state index contributed by atoms with van der Waals surface area (Å²) in [4.78, 5) is 36.1. The highest BCUT2D eigenvalue weighted by Crippen LogP contribution is 2.59. The minimum absolute atomic E-state index is 0.0363. The Bertz CT molecular complexity index is 1390. The fourth-order valence-electron chi connectivity index (χ4n) is 4.04. The number of anilines is 1. The van der Waals surface area contributed by atoms with Gasteiger partial charge in [-0.25, -0.2) is 15.0 Å². The third-order valence-corrected chi connectivity index (χ3v) is 7.94. The third-order valence-electron chi connectivity index (χ3n) is 6.53. The fraction of sp³-hybridized carbons (Fsp3) is 0.500. The monoisotopic (exact) mass is 602 g/mol. The molecule has 1 saturated heterocycles. The summed E-state index contributed by atoms with van der Waals surface area (Å²) in [5.41, 5.74) is 0.198. The number of nitrogen functional groups attached to an aromatic ring is 1. The number of alkyl halides is 2. The molecule has 14 nitrogen and oxygen atoms in total. The van der Waals surface area contributed by atoms with Crippen LogP contribution in [0.15, 0.2) is 36.9 Å². The van der Waals surface area contributed by atoms with E-state index < -0.39 is 61.5 Å². The van der Waals surface area contributed by atoms with E-state index in [-0.39, 0.29) is 17.0 Å². The molecule has 1 fully saturated rings. The number of hydrogen-bond donors (Lipinski definition) is 5. The number of phenols is 1. The van der Waals surface area contributed by atoms with Crippen molar-refractivity contribution in [1.29, 1.82) is 0 Å². The van der Waals surface area contributed by atoms with Crippen LogP contribution in [0.4, 0.5) is 14.6 Å². The Labute approximate surface area is 233 Å². The molecule has 3 aromatic rings. The first kappa shape index (κ1) is 32.4. The van der Waals surface area contributed by atoms with Crippen LogP contribution in [0.2, 0.25) is 0 Å². The highest BCUT2D eigenvalue weighted by molar-refractivity contribution is 7.55. The number of aliphatic hydroxyl groups excluding tert-OH is 2. The lowest BCUT2D eigenvalue weighted by atomic mass is 10.1. The fourth-order valence-corrected chi connectivity index (χ4v) is 4.92. The molecule has 0 aliphatic carbocycles. The molecule has 4 rings (SSSR count). The van der Waals surface area contributed by atoms with E-state index in [1.807, 2.05) is 0 Å². The Hall–Kier alpha value is -3.11. The zero-order chi connectivity index (χ0) is 30.5. The molecule has 1 unspecified atom stereocenters. The Morgan fingerprint density at radius 1 is 1.15 bits per heavy atom. The molecule has 0 amide bonds. The molecule has 6 N–H and O–H groups in total. The standard InChI is InChI=1S/C18H18F2N5O8P.C6H15N/c19-18(20,14(29)8-3-1-2-4-9(8)26)34(30,31)32-5-10-12(27)13(28)17(33-10)25-7-24-11-15(21)22-6-23-16(11)25;1-4-7(5-2)6-3/h1-4,6-7,10,12-13,17,26-28H,5H2,(H,30,31)(H2,21,22,23);4-6H2,1-3H3/t10-,12-,13-,17-;/m1./s1. The van der Waals surface area contributed by atoms with Crippen molar-refractivity contribution in [2.24, 2.45) is 0 Å². The minimum atomic E-state index is -5.98. The molecule has 17 heteroatoms. The van der Waals surface area contributed by atoms with Crippen molar-refractivity contribution >= 4 is 30.4 Å². The van der Waals surface area contributed by atoms with Crippen molar-refractivity contribution in [3.63, 3.8) is 0 Å². The van der Waals surface area contributed by atoms with Gasteiger partial charge in [-0.3, -0.25) is 13.9 Å². The number of halogens is 2. The first-order chi connectivity index (χ1) is 19.3. The van der Waals surface area contributed by atoms with E-state index in [9.17, 15) is 38.4 Å². The Balaban J connectivity index is 0.000000587. The number of rotatable bonds is 10. The van der Waals surface area contributed by atoms with Crippen molar-refractivity contribution < 1.29 is 47.6 Å². The zero-order valence-electron chi connectivity index (χ0n) is 22.5. The number of para-hydroxylation sites is 1. The first-order valence-electron chi connectivity index (χ1n) is 12.7. The molecular weight excluding hydrogens is 569 g/mol. The number of nitrogens with two attached hydrogens (primary N) is 1. The summed E-state index contributed by atoms with van der Waals surface area (Å²) in [7, 11) is -5.98. The van der Waals surface area contributed by atoms with Crippen LogP contribution in [0.3, 0.4) is 0 Å². The van der Waals surface area contributed by atoms with Gasteiger partial charge < -0.3 is 40.1 Å². The Morgan fingerprint density at radius 2 is 1.78 bits per heavy atom. The molecule has 1 aromatic carbocycles. The normalized spacial score (nSPS) is 22.4. The quantitative estimate of drug-likeness (QED) is 0.166. The van der Waals surface area contributed by atoms with Gasteiger partial charge in [0.1, 0.15) is 35.9 Å². The number of phenolic OH excluding ortho intramolecular Hbond substituents is 1. The third kappa shape index (κ3) is 6.70. The summed E-state index contributed by atoms with van der Waals surface area (Å²) in [6.45, 7) is 9.04. The van der Waals surface area contributed by atoms with Gasteiger partial charge in [0, 0.05) is 0 Å². The highest BCUT2D eigenvalue weighted by Gasteiger charge is 2.59. The number of benzene rings is 1. The Kier molecular flexibility index (Phi) is 10.5. The van der Waals surface area contributed by atoms with Gasteiger partial charge in [-0.05, 0) is 31.8 Å². The molecule has 226 valence electrons. The van der Waals surface area contributed by atoms with Gasteiger partial charge in [0.2, 0.25) is 5.78 Å². The maximum atomic E-state index is 14.5. The molecule has 0 spiro atoms. The van der Waals surface area contributed by atoms with Gasteiger partial charge >= 0.3 is 13.3 Å². The molecular formula is C24H33F2N6O8P. The van der Waals surface area contributed by atoms with E-state index in [0.29, 0.717) is 0 Å². The summed E-state index contributed by atoms with van der Waals surface area (Å²) in [6, 6.07) is 4.25. The van der Waals surface area contributed by atoms with E-state index in [0.717, 1.165) is 18.5 Å². The smallest absolute Gasteiger partial charge is 0.407 e. The van der Waals surface area contributed by atoms with Crippen LogP contribution in [0.1, 0.15) is 37.4 Å². The number of nitrogens with zero attached hydrogens (tertiary/aromatic N) is 5. The number of aromatic hydroxyl groups is 1. The number of aromatic nitrogens is 4. The maximum absolute atomic E-state index is 14.5. The summed E-state index contributed by atoms with van der Waals surface area (Å²) in [5, 5.41) is 30.3. The number of hydrogen-bond acceptors (Lipinski definition) is 12. The molecule has 0 saturated carbocycles. The van der Waals surface area contributed by atoms with Gasteiger partial charge in [0.05, 0.1) is 18.5 Å². The lowest BCUT2D eigenvalue weighted by Crippen LogP contribution is -2.35. The van der Waals surface area contributed by atoms with Crippen LogP contribution in [-0.2, 0) is 13.8 Å². The second kappa shape index (κ2) is 13.2. The number of Topliss-reactive ketones (excluding diaryl/α,β-unsaturated/α-hetero) is 1. The largest absolute Gasteiger partial charge is 0.507 e. The van der Waals surface area contributed by atoms with Crippen LogP contribution in [0.25, 0.3) is 11.2 Å². The maximum Gasteiger partial charge on any atom is 0.407 e. The zero-order valence-corrected chi connectivity index (χ0v) is 23.4. The number of fused-ring (bicyclic) bond motifs is 1. The highest BCUT2D eigenvalue weighted by atomic mass is 31.2. The Morgan fingerprint density at radius 3 is 2.37 bits per heavy atom. The second-order valence-electron chi connectivity index (χ2n) is 8.95. The number of carbonyl (C=O) groups is 1. The van der Waals surface area contributed by atoms with E-state index in [1.54, 1.807) is 0 Å². The van der Waals surface area contributed by atoms with E-state index in [1.165, 1.54) is 42.7 Å². The van der Waals surface area contributed by atoms with Crippen molar-refractivity contribution in [3.8, 4) is 5.75 Å². The molecule has 2 aromatic heterocycles. The van der Waals surface area contributed by atoms with E-state index in [2.05, 4.69) is 45.1 Å². The first-order valence-corrected chi connectivity index (χ1v) is 14.2. The molecule has 1 aliphatic heterocycles. The summed E-state index contributed by atoms with van der Waals surface area (Å²) < 4.78 is 52.4. The van der Waals surface area contributed by atoms with E-state index in [4.69, 9.17) is 10.5 Å². The van der Waals surface area contributed by atoms with Crippen molar-refractivity contribution in [3.05, 3.63) is 42.5 Å². The molecule has 5 atom stereocenters. The van der Waals surface area contributed by atoms with Gasteiger partial charge in [-0.15, -0.1) is 0 Å². The van der Waals surface area contributed by atoms with E-state index >= 15 is 0 Å². The summed E-state index contributed by atoms with van der Waals surface area (Å²) in [5.74, 6) is -2.91. The van der Waals surface area contributed by atoms with Crippen LogP contribution in [0, 0.1) is 0 Å². The van der Waals surface area contributed by atoms with Crippen LogP contribution >= 0.6 is 7.60 Å². The predicted octanol–water partition coefficient (Wildman–Crippen LogP) is 1.76.